The number of halogens is 3. The molecule has 9 heteroatoms. The molecule has 2 aromatic rings. The molecule has 2 rings (SSSR count). The van der Waals surface area contributed by atoms with E-state index >= 15 is 0 Å². The lowest BCUT2D eigenvalue weighted by atomic mass is 10.0. The molecule has 0 radical (unpaired) electrons. The Labute approximate surface area is 171 Å². The van der Waals surface area contributed by atoms with E-state index in [-0.39, 0.29) is 0 Å². The first kappa shape index (κ1) is 23.1. The molecule has 2 aromatic carbocycles. The van der Waals surface area contributed by atoms with Gasteiger partial charge in [-0.25, -0.2) is 0 Å². The van der Waals surface area contributed by atoms with Crippen LogP contribution in [-0.2, 0) is 11.0 Å². The summed E-state index contributed by atoms with van der Waals surface area (Å²) in [6.45, 7) is 2.37. The smallest absolute Gasteiger partial charge is 0.417 e. The summed E-state index contributed by atoms with van der Waals surface area (Å²) in [5.41, 5.74) is -1.33. The van der Waals surface area contributed by atoms with Crippen LogP contribution in [0, 0.1) is 0 Å². The van der Waals surface area contributed by atoms with Crippen LogP contribution in [0.2, 0.25) is 0 Å². The van der Waals surface area contributed by atoms with Crippen molar-refractivity contribution in [2.45, 2.75) is 32.0 Å². The number of methoxy groups -OCH3 is 1. The Morgan fingerprint density at radius 2 is 1.83 bits per heavy atom. The van der Waals surface area contributed by atoms with Crippen molar-refractivity contribution in [3.8, 4) is 11.5 Å². The molecule has 162 valence electrons. The molecule has 2 N–H and O–H groups in total. The first-order valence-electron chi connectivity index (χ1n) is 9.17. The van der Waals surface area contributed by atoms with Gasteiger partial charge in [0.1, 0.15) is 0 Å². The Morgan fingerprint density at radius 1 is 1.13 bits per heavy atom. The van der Waals surface area contributed by atoms with Crippen molar-refractivity contribution in [3.05, 3.63) is 59.2 Å². The predicted molar refractivity (Wildman–Crippen MR) is 103 cm³/mol. The molecule has 30 heavy (non-hydrogen) atoms. The third kappa shape index (κ3) is 5.88. The Kier molecular flexibility index (Phi) is 7.68. The van der Waals surface area contributed by atoms with Gasteiger partial charge in [-0.05, 0) is 36.2 Å². The average molecular weight is 425 g/mol. The maximum absolute atomic E-state index is 13.2. The lowest BCUT2D eigenvalue weighted by molar-refractivity contribution is -0.139. The lowest BCUT2D eigenvalue weighted by Gasteiger charge is -2.20. The SMILES string of the molecule is CCCOc1ccc(C(CC(=O)O)NC(=O)c2ccccc2C(F)(F)F)cc1OC. The molecule has 0 bridgehead atoms. The Balaban J connectivity index is 2.36. The highest BCUT2D eigenvalue weighted by Crippen LogP contribution is 2.34. The number of amides is 1. The van der Waals surface area contributed by atoms with Crippen molar-refractivity contribution in [2.75, 3.05) is 13.7 Å². The highest BCUT2D eigenvalue weighted by atomic mass is 19.4. The minimum atomic E-state index is -4.72. The van der Waals surface area contributed by atoms with Crippen LogP contribution in [0.4, 0.5) is 13.2 Å². The van der Waals surface area contributed by atoms with Gasteiger partial charge in [0.05, 0.1) is 37.3 Å². The summed E-state index contributed by atoms with van der Waals surface area (Å²) in [5.74, 6) is -1.50. The minimum Gasteiger partial charge on any atom is -0.493 e. The van der Waals surface area contributed by atoms with E-state index in [0.29, 0.717) is 23.7 Å². The molecular weight excluding hydrogens is 403 g/mol. The number of ether oxygens (including phenoxy) is 2. The van der Waals surface area contributed by atoms with Crippen molar-refractivity contribution in [2.24, 2.45) is 0 Å². The number of alkyl halides is 3. The molecule has 0 spiro atoms. The van der Waals surface area contributed by atoms with Crippen molar-refractivity contribution in [1.29, 1.82) is 0 Å². The Hall–Kier alpha value is -3.23. The third-order valence-corrected chi connectivity index (χ3v) is 4.21. The predicted octanol–water partition coefficient (Wildman–Crippen LogP) is 4.45. The van der Waals surface area contributed by atoms with Gasteiger partial charge in [-0.1, -0.05) is 25.1 Å². The van der Waals surface area contributed by atoms with Crippen LogP contribution in [0.25, 0.3) is 0 Å². The van der Waals surface area contributed by atoms with Crippen molar-refractivity contribution in [3.63, 3.8) is 0 Å². The van der Waals surface area contributed by atoms with E-state index in [9.17, 15) is 27.9 Å². The number of hydrogen-bond donors (Lipinski definition) is 2. The second-order valence-electron chi connectivity index (χ2n) is 6.43. The molecule has 0 aliphatic carbocycles. The maximum atomic E-state index is 13.2. The van der Waals surface area contributed by atoms with Gasteiger partial charge in [0.2, 0.25) is 0 Å². The van der Waals surface area contributed by atoms with Gasteiger partial charge in [0.15, 0.2) is 11.5 Å². The quantitative estimate of drug-likeness (QED) is 0.620. The van der Waals surface area contributed by atoms with Crippen LogP contribution in [-0.4, -0.2) is 30.7 Å². The molecule has 0 heterocycles. The third-order valence-electron chi connectivity index (χ3n) is 4.21. The van der Waals surface area contributed by atoms with Crippen LogP contribution in [0.5, 0.6) is 11.5 Å². The number of hydrogen-bond acceptors (Lipinski definition) is 4. The molecular formula is C21H22F3NO5. The molecule has 1 atom stereocenters. The number of aliphatic carboxylic acids is 1. The summed E-state index contributed by atoms with van der Waals surface area (Å²) in [4.78, 5) is 23.9. The number of rotatable bonds is 9. The van der Waals surface area contributed by atoms with Crippen molar-refractivity contribution < 1.29 is 37.3 Å². The molecule has 1 unspecified atom stereocenters. The summed E-state index contributed by atoms with van der Waals surface area (Å²) in [5, 5.41) is 11.6. The van der Waals surface area contributed by atoms with E-state index in [1.807, 2.05) is 6.92 Å². The summed E-state index contributed by atoms with van der Waals surface area (Å²) in [6, 6.07) is 7.83. The van der Waals surface area contributed by atoms with Crippen LogP contribution < -0.4 is 14.8 Å². The van der Waals surface area contributed by atoms with E-state index in [4.69, 9.17) is 9.47 Å². The zero-order valence-electron chi connectivity index (χ0n) is 16.5. The van der Waals surface area contributed by atoms with Gasteiger partial charge < -0.3 is 19.9 Å². The van der Waals surface area contributed by atoms with Crippen molar-refractivity contribution >= 4 is 11.9 Å². The van der Waals surface area contributed by atoms with Gasteiger partial charge in [-0.3, -0.25) is 9.59 Å². The molecule has 0 fully saturated rings. The minimum absolute atomic E-state index is 0.321. The molecule has 6 nitrogen and oxygen atoms in total. The second kappa shape index (κ2) is 10.00. The fourth-order valence-electron chi connectivity index (χ4n) is 2.82. The van der Waals surface area contributed by atoms with Gasteiger partial charge in [0.25, 0.3) is 5.91 Å². The summed E-state index contributed by atoms with van der Waals surface area (Å²) in [6.07, 6.45) is -4.49. The Bertz CT molecular complexity index is 898. The number of carbonyl (C=O) groups excluding carboxylic acids is 1. The molecule has 0 aliphatic heterocycles. The van der Waals surface area contributed by atoms with E-state index < -0.39 is 41.6 Å². The second-order valence-corrected chi connectivity index (χ2v) is 6.43. The molecule has 0 aliphatic rings. The lowest BCUT2D eigenvalue weighted by Crippen LogP contribution is -2.31. The van der Waals surface area contributed by atoms with Gasteiger partial charge >= 0.3 is 12.1 Å². The van der Waals surface area contributed by atoms with Crippen LogP contribution >= 0.6 is 0 Å². The monoisotopic (exact) mass is 425 g/mol. The topological polar surface area (TPSA) is 84.9 Å². The molecule has 0 aromatic heterocycles. The van der Waals surface area contributed by atoms with Gasteiger partial charge in [-0.15, -0.1) is 0 Å². The number of carboxylic acids is 1. The summed E-state index contributed by atoms with van der Waals surface area (Å²) < 4.78 is 50.5. The first-order chi connectivity index (χ1) is 14.2. The summed E-state index contributed by atoms with van der Waals surface area (Å²) in [7, 11) is 1.41. The van der Waals surface area contributed by atoms with Gasteiger partial charge in [-0.2, -0.15) is 13.2 Å². The van der Waals surface area contributed by atoms with Crippen molar-refractivity contribution in [1.82, 2.24) is 5.32 Å². The maximum Gasteiger partial charge on any atom is 0.417 e. The fourth-order valence-corrected chi connectivity index (χ4v) is 2.82. The van der Waals surface area contributed by atoms with E-state index in [1.54, 1.807) is 6.07 Å². The number of benzene rings is 2. The van der Waals surface area contributed by atoms with Gasteiger partial charge in [0, 0.05) is 0 Å². The first-order valence-corrected chi connectivity index (χ1v) is 9.17. The van der Waals surface area contributed by atoms with E-state index in [1.165, 1.54) is 31.4 Å². The van der Waals surface area contributed by atoms with Crippen LogP contribution in [0.1, 0.15) is 47.3 Å². The standard InChI is InChI=1S/C21H22F3NO5/c1-3-10-30-17-9-8-13(11-18(17)29-2)16(12-19(26)27)25-20(28)14-6-4-5-7-15(14)21(22,23)24/h4-9,11,16H,3,10,12H2,1-2H3,(H,25,28)(H,26,27). The summed E-state index contributed by atoms with van der Waals surface area (Å²) >= 11 is 0. The van der Waals surface area contributed by atoms with Crippen LogP contribution in [0.15, 0.2) is 42.5 Å². The molecule has 1 amide bonds. The zero-order chi connectivity index (χ0) is 22.3. The average Bonchev–Trinajstić information content (AvgIpc) is 2.70. The van der Waals surface area contributed by atoms with Crippen LogP contribution in [0.3, 0.4) is 0 Å². The fraction of sp³-hybridized carbons (Fsp3) is 0.333. The normalized spacial score (nSPS) is 12.2. The Morgan fingerprint density at radius 3 is 2.43 bits per heavy atom. The van der Waals surface area contributed by atoms with E-state index in [0.717, 1.165) is 18.6 Å². The highest BCUT2D eigenvalue weighted by Gasteiger charge is 2.35. The number of carbonyl (C=O) groups is 2. The number of nitrogens with one attached hydrogen (secondary N) is 1. The molecule has 0 saturated carbocycles. The highest BCUT2D eigenvalue weighted by molar-refractivity contribution is 5.96. The number of carboxylic acid groups (broad SMARTS) is 1. The zero-order valence-corrected chi connectivity index (χ0v) is 16.5. The van der Waals surface area contributed by atoms with E-state index in [2.05, 4.69) is 5.32 Å². The molecule has 0 saturated heterocycles. The largest absolute Gasteiger partial charge is 0.493 e.